The molecule has 62 valence electrons. The van der Waals surface area contributed by atoms with Gasteiger partial charge in [-0.2, -0.15) is 0 Å². The Labute approximate surface area is 65.8 Å². The highest BCUT2D eigenvalue weighted by Gasteiger charge is 2.47. The lowest BCUT2D eigenvalue weighted by molar-refractivity contribution is -0.145. The predicted octanol–water partition coefficient (Wildman–Crippen LogP) is 0.603. The monoisotopic (exact) mass is 155 g/mol. The van der Waals surface area contributed by atoms with Crippen LogP contribution in [-0.4, -0.2) is 23.2 Å². The van der Waals surface area contributed by atoms with Crippen LogP contribution in [0.3, 0.4) is 0 Å². The first-order valence-corrected chi connectivity index (χ1v) is 4.21. The van der Waals surface area contributed by atoms with Gasteiger partial charge in [-0.3, -0.25) is 4.79 Å². The number of hydrogen-bond acceptors (Lipinski definition) is 2. The van der Waals surface area contributed by atoms with E-state index in [-0.39, 0.29) is 0 Å². The van der Waals surface area contributed by atoms with Crippen molar-refractivity contribution in [1.29, 1.82) is 0 Å². The van der Waals surface area contributed by atoms with Gasteiger partial charge in [0.25, 0.3) is 0 Å². The van der Waals surface area contributed by atoms with Crippen molar-refractivity contribution in [3.63, 3.8) is 0 Å². The Balaban J connectivity index is 2.19. The first kappa shape index (κ1) is 7.10. The lowest BCUT2D eigenvalue weighted by Gasteiger charge is -2.27. The Hall–Kier alpha value is -0.570. The first-order chi connectivity index (χ1) is 5.23. The maximum absolute atomic E-state index is 10.9. The highest BCUT2D eigenvalue weighted by molar-refractivity contribution is 5.79. The molecule has 2 bridgehead atoms. The van der Waals surface area contributed by atoms with Crippen molar-refractivity contribution < 1.29 is 9.90 Å². The third-order valence-electron chi connectivity index (χ3n) is 2.99. The highest BCUT2D eigenvalue weighted by Crippen LogP contribution is 2.37. The molecule has 2 fully saturated rings. The number of rotatable bonds is 1. The van der Waals surface area contributed by atoms with Crippen molar-refractivity contribution in [2.75, 3.05) is 6.54 Å². The predicted molar refractivity (Wildman–Crippen MR) is 40.3 cm³/mol. The van der Waals surface area contributed by atoms with E-state index in [1.54, 1.807) is 0 Å². The van der Waals surface area contributed by atoms with E-state index in [4.69, 9.17) is 5.11 Å². The molecule has 0 unspecified atom stereocenters. The van der Waals surface area contributed by atoms with Crippen LogP contribution in [0.5, 0.6) is 0 Å². The molecule has 11 heavy (non-hydrogen) atoms. The zero-order chi connectivity index (χ0) is 7.90. The smallest absolute Gasteiger partial charge is 0.323 e. The molecule has 2 atom stereocenters. The zero-order valence-corrected chi connectivity index (χ0v) is 6.47. The normalized spacial score (nSPS) is 42.4. The molecule has 2 aliphatic rings. The molecular weight excluding hydrogens is 142 g/mol. The molecule has 0 spiro atoms. The molecule has 0 aromatic heterocycles. The second kappa shape index (κ2) is 2.21. The standard InChI is InChI=1S/C8H13NO2/c10-7(11)8-3-1-2-6(4-8)5-9-8/h6,9H,1-5H2,(H,10,11)/t6-,8-/m0/s1. The molecule has 1 heterocycles. The van der Waals surface area contributed by atoms with Gasteiger partial charge in [-0.15, -0.1) is 0 Å². The Bertz CT molecular complexity index is 189. The summed E-state index contributed by atoms with van der Waals surface area (Å²) in [5.41, 5.74) is -0.539. The summed E-state index contributed by atoms with van der Waals surface area (Å²) in [6, 6.07) is 0. The Kier molecular flexibility index (Phi) is 1.42. The van der Waals surface area contributed by atoms with E-state index < -0.39 is 11.5 Å². The van der Waals surface area contributed by atoms with Crippen LogP contribution in [0.15, 0.2) is 0 Å². The average molecular weight is 155 g/mol. The topological polar surface area (TPSA) is 49.3 Å². The highest BCUT2D eigenvalue weighted by atomic mass is 16.4. The number of carbonyl (C=O) groups is 1. The maximum Gasteiger partial charge on any atom is 0.323 e. The number of hydrogen-bond donors (Lipinski definition) is 2. The molecule has 1 saturated carbocycles. The summed E-state index contributed by atoms with van der Waals surface area (Å²) in [6.45, 7) is 0.909. The molecule has 1 aliphatic heterocycles. The minimum Gasteiger partial charge on any atom is -0.480 e. The Morgan fingerprint density at radius 2 is 2.45 bits per heavy atom. The van der Waals surface area contributed by atoms with Crippen LogP contribution in [-0.2, 0) is 4.79 Å². The fourth-order valence-electron chi connectivity index (χ4n) is 2.33. The van der Waals surface area contributed by atoms with Crippen molar-refractivity contribution in [3.8, 4) is 0 Å². The summed E-state index contributed by atoms with van der Waals surface area (Å²) in [5.74, 6) is -0.0282. The van der Waals surface area contributed by atoms with Crippen molar-refractivity contribution >= 4 is 5.97 Å². The fourth-order valence-corrected chi connectivity index (χ4v) is 2.33. The summed E-state index contributed by atoms with van der Waals surface area (Å²) in [7, 11) is 0. The number of carboxylic acid groups (broad SMARTS) is 1. The third kappa shape index (κ3) is 0.948. The van der Waals surface area contributed by atoms with Gasteiger partial charge in [-0.25, -0.2) is 0 Å². The van der Waals surface area contributed by atoms with Gasteiger partial charge >= 0.3 is 5.97 Å². The van der Waals surface area contributed by atoms with E-state index in [2.05, 4.69) is 5.32 Å². The van der Waals surface area contributed by atoms with E-state index in [1.807, 2.05) is 0 Å². The van der Waals surface area contributed by atoms with Crippen LogP contribution in [0.4, 0.5) is 0 Å². The summed E-state index contributed by atoms with van der Waals surface area (Å²) >= 11 is 0. The van der Waals surface area contributed by atoms with Crippen LogP contribution in [0.25, 0.3) is 0 Å². The summed E-state index contributed by atoms with van der Waals surface area (Å²) < 4.78 is 0. The van der Waals surface area contributed by atoms with Gasteiger partial charge in [0.05, 0.1) is 0 Å². The van der Waals surface area contributed by atoms with Crippen LogP contribution in [0.1, 0.15) is 25.7 Å². The second-order valence-electron chi connectivity index (χ2n) is 3.73. The van der Waals surface area contributed by atoms with Gasteiger partial charge < -0.3 is 10.4 Å². The van der Waals surface area contributed by atoms with Gasteiger partial charge in [0.2, 0.25) is 0 Å². The Morgan fingerprint density at radius 3 is 3.09 bits per heavy atom. The van der Waals surface area contributed by atoms with Crippen LogP contribution in [0.2, 0.25) is 0 Å². The summed E-state index contributed by atoms with van der Waals surface area (Å²) in [5, 5.41) is 12.1. The zero-order valence-electron chi connectivity index (χ0n) is 6.47. The lowest BCUT2D eigenvalue weighted by atomic mass is 9.80. The summed E-state index contributed by atoms with van der Waals surface area (Å²) in [4.78, 5) is 10.9. The molecule has 0 aromatic rings. The Morgan fingerprint density at radius 1 is 1.64 bits per heavy atom. The quantitative estimate of drug-likeness (QED) is 0.583. The van der Waals surface area contributed by atoms with Crippen molar-refractivity contribution in [2.45, 2.75) is 31.2 Å². The van der Waals surface area contributed by atoms with E-state index in [0.29, 0.717) is 5.92 Å². The van der Waals surface area contributed by atoms with E-state index in [1.165, 1.54) is 6.42 Å². The second-order valence-corrected chi connectivity index (χ2v) is 3.73. The molecule has 0 amide bonds. The van der Waals surface area contributed by atoms with Crippen molar-refractivity contribution in [1.82, 2.24) is 5.32 Å². The number of carboxylic acids is 1. The maximum atomic E-state index is 10.9. The van der Waals surface area contributed by atoms with Gasteiger partial charge in [-0.05, 0) is 31.7 Å². The SMILES string of the molecule is O=C(O)[C@@]12CCC[C@H](CN1)C2. The van der Waals surface area contributed by atoms with Gasteiger partial charge in [-0.1, -0.05) is 6.42 Å². The number of aliphatic carboxylic acids is 1. The third-order valence-corrected chi connectivity index (χ3v) is 2.99. The number of nitrogens with one attached hydrogen (secondary N) is 1. The molecule has 1 saturated heterocycles. The first-order valence-electron chi connectivity index (χ1n) is 4.21. The fraction of sp³-hybridized carbons (Fsp3) is 0.875. The molecule has 3 nitrogen and oxygen atoms in total. The van der Waals surface area contributed by atoms with Gasteiger partial charge in [0.1, 0.15) is 5.54 Å². The molecule has 2 rings (SSSR count). The number of fused-ring (bicyclic) bond motifs is 2. The van der Waals surface area contributed by atoms with Crippen LogP contribution in [0, 0.1) is 5.92 Å². The minimum atomic E-state index is -0.653. The molecule has 2 N–H and O–H groups in total. The molecule has 3 heteroatoms. The minimum absolute atomic E-state index is 0.539. The largest absolute Gasteiger partial charge is 0.480 e. The lowest BCUT2D eigenvalue weighted by Crippen LogP contribution is -2.47. The van der Waals surface area contributed by atoms with Crippen molar-refractivity contribution in [3.05, 3.63) is 0 Å². The van der Waals surface area contributed by atoms with E-state index in [9.17, 15) is 4.79 Å². The van der Waals surface area contributed by atoms with Crippen LogP contribution < -0.4 is 5.32 Å². The van der Waals surface area contributed by atoms with Crippen molar-refractivity contribution in [2.24, 2.45) is 5.92 Å². The van der Waals surface area contributed by atoms with Crippen LogP contribution >= 0.6 is 0 Å². The van der Waals surface area contributed by atoms with Gasteiger partial charge in [0.15, 0.2) is 0 Å². The average Bonchev–Trinajstić information content (AvgIpc) is 2.29. The van der Waals surface area contributed by atoms with E-state index >= 15 is 0 Å². The molecule has 0 aromatic carbocycles. The molecule has 1 aliphatic carbocycles. The molecule has 0 radical (unpaired) electrons. The summed E-state index contributed by atoms with van der Waals surface area (Å²) in [6.07, 6.45) is 3.95. The van der Waals surface area contributed by atoms with Gasteiger partial charge in [0, 0.05) is 0 Å². The molecular formula is C8H13NO2. The van der Waals surface area contributed by atoms with E-state index in [0.717, 1.165) is 25.8 Å².